The number of rotatable bonds is 3. The third-order valence-corrected chi connectivity index (χ3v) is 3.30. The number of nitrogens with one attached hydrogen (secondary N) is 1. The highest BCUT2D eigenvalue weighted by Crippen LogP contribution is 2.30. The molecule has 1 amide bonds. The summed E-state index contributed by atoms with van der Waals surface area (Å²) in [5.74, 6) is -0.0764. The van der Waals surface area contributed by atoms with Gasteiger partial charge in [-0.05, 0) is 17.4 Å². The maximum Gasteiger partial charge on any atom is 0.217 e. The summed E-state index contributed by atoms with van der Waals surface area (Å²) in [4.78, 5) is 13.7. The van der Waals surface area contributed by atoms with E-state index in [2.05, 4.69) is 15.3 Å². The molecular formula is C10H18N4O3. The van der Waals surface area contributed by atoms with Gasteiger partial charge in [0.2, 0.25) is 5.91 Å². The van der Waals surface area contributed by atoms with E-state index in [-0.39, 0.29) is 30.4 Å². The molecule has 1 rings (SSSR count). The van der Waals surface area contributed by atoms with Crippen molar-refractivity contribution in [3.8, 4) is 0 Å². The van der Waals surface area contributed by atoms with Crippen molar-refractivity contribution in [2.45, 2.75) is 39.2 Å². The maximum absolute atomic E-state index is 11.0. The molecular weight excluding hydrogens is 224 g/mol. The van der Waals surface area contributed by atoms with Crippen LogP contribution < -0.4 is 5.32 Å². The number of azide groups is 1. The van der Waals surface area contributed by atoms with Crippen molar-refractivity contribution in [3.63, 3.8) is 0 Å². The van der Waals surface area contributed by atoms with Gasteiger partial charge < -0.3 is 15.2 Å². The Bertz CT molecular complexity index is 330. The highest BCUT2D eigenvalue weighted by Gasteiger charge is 2.40. The molecule has 1 saturated heterocycles. The molecule has 1 fully saturated rings. The SMILES string of the molecule is CC(=O)NC1C(O)OC(CN=[N+]=[N-])[C@@H](C)[C@@H]1C. The van der Waals surface area contributed by atoms with E-state index >= 15 is 0 Å². The van der Waals surface area contributed by atoms with E-state index in [9.17, 15) is 9.90 Å². The molecule has 17 heavy (non-hydrogen) atoms. The molecule has 0 aromatic rings. The topological polar surface area (TPSA) is 107 Å². The average molecular weight is 242 g/mol. The highest BCUT2D eigenvalue weighted by atomic mass is 16.6. The predicted molar refractivity (Wildman–Crippen MR) is 60.8 cm³/mol. The van der Waals surface area contributed by atoms with Gasteiger partial charge in [-0.1, -0.05) is 19.0 Å². The van der Waals surface area contributed by atoms with Crippen molar-refractivity contribution in [2.24, 2.45) is 17.0 Å². The van der Waals surface area contributed by atoms with E-state index in [1.165, 1.54) is 6.92 Å². The fourth-order valence-corrected chi connectivity index (χ4v) is 2.08. The number of carbonyl (C=O) groups excluding carboxylic acids is 1. The van der Waals surface area contributed by atoms with Gasteiger partial charge in [0, 0.05) is 11.8 Å². The van der Waals surface area contributed by atoms with Crippen LogP contribution in [0.25, 0.3) is 10.4 Å². The van der Waals surface area contributed by atoms with Crippen LogP contribution in [0.5, 0.6) is 0 Å². The quantitative estimate of drug-likeness (QED) is 0.434. The highest BCUT2D eigenvalue weighted by molar-refractivity contribution is 5.73. The molecule has 96 valence electrons. The molecule has 1 aliphatic rings. The lowest BCUT2D eigenvalue weighted by molar-refractivity contribution is -0.209. The second kappa shape index (κ2) is 5.86. The molecule has 0 bridgehead atoms. The number of hydrogen-bond acceptors (Lipinski definition) is 4. The van der Waals surface area contributed by atoms with Gasteiger partial charge in [-0.3, -0.25) is 4.79 Å². The van der Waals surface area contributed by atoms with Crippen LogP contribution in [0.4, 0.5) is 0 Å². The molecule has 0 radical (unpaired) electrons. The lowest BCUT2D eigenvalue weighted by atomic mass is 9.82. The molecule has 1 heterocycles. The number of nitrogens with zero attached hydrogens (tertiary/aromatic N) is 3. The number of ether oxygens (including phenoxy) is 1. The summed E-state index contributed by atoms with van der Waals surface area (Å²) >= 11 is 0. The minimum atomic E-state index is -1.07. The van der Waals surface area contributed by atoms with Crippen molar-refractivity contribution in [1.29, 1.82) is 0 Å². The standard InChI is InChI=1S/C10H18N4O3/c1-5-6(2)9(13-7(3)15)10(16)17-8(5)4-12-14-11/h5-6,8-10,16H,4H2,1-3H3,(H,13,15)/t5-,6-,8?,9?,10?/m0/s1. The van der Waals surface area contributed by atoms with Crippen molar-refractivity contribution in [2.75, 3.05) is 6.54 Å². The Morgan fingerprint density at radius 3 is 2.71 bits per heavy atom. The first-order chi connectivity index (χ1) is 7.97. The fraction of sp³-hybridized carbons (Fsp3) is 0.900. The number of aliphatic hydroxyl groups excluding tert-OH is 1. The number of carbonyl (C=O) groups is 1. The van der Waals surface area contributed by atoms with Crippen LogP contribution >= 0.6 is 0 Å². The predicted octanol–water partition coefficient (Wildman–Crippen LogP) is 0.791. The molecule has 7 nitrogen and oxygen atoms in total. The van der Waals surface area contributed by atoms with E-state index in [0.717, 1.165) is 0 Å². The van der Waals surface area contributed by atoms with Crippen LogP contribution in [-0.2, 0) is 9.53 Å². The van der Waals surface area contributed by atoms with E-state index in [1.807, 2.05) is 13.8 Å². The van der Waals surface area contributed by atoms with Gasteiger partial charge in [0.05, 0.1) is 18.7 Å². The van der Waals surface area contributed by atoms with Crippen LogP contribution in [0.1, 0.15) is 20.8 Å². The second-order valence-electron chi connectivity index (χ2n) is 4.42. The second-order valence-corrected chi connectivity index (χ2v) is 4.42. The molecule has 0 saturated carbocycles. The Labute approximate surface area is 99.8 Å². The molecule has 2 N–H and O–H groups in total. The van der Waals surface area contributed by atoms with Crippen molar-refractivity contribution < 1.29 is 14.6 Å². The van der Waals surface area contributed by atoms with Crippen LogP contribution in [0.3, 0.4) is 0 Å². The van der Waals surface area contributed by atoms with Crippen molar-refractivity contribution >= 4 is 5.91 Å². The zero-order valence-corrected chi connectivity index (χ0v) is 10.2. The summed E-state index contributed by atoms with van der Waals surface area (Å²) in [6.07, 6.45) is -1.38. The zero-order chi connectivity index (χ0) is 13.0. The molecule has 0 spiro atoms. The molecule has 0 aromatic heterocycles. The van der Waals surface area contributed by atoms with Crippen molar-refractivity contribution in [1.82, 2.24) is 5.32 Å². The molecule has 0 aliphatic carbocycles. The first kappa shape index (κ1) is 13.8. The van der Waals surface area contributed by atoms with E-state index in [0.29, 0.717) is 0 Å². The Morgan fingerprint density at radius 1 is 1.53 bits per heavy atom. The van der Waals surface area contributed by atoms with Gasteiger partial charge in [0.15, 0.2) is 6.29 Å². The third kappa shape index (κ3) is 3.33. The summed E-state index contributed by atoms with van der Waals surface area (Å²) < 4.78 is 5.36. The number of aliphatic hydroxyl groups is 1. The van der Waals surface area contributed by atoms with Crippen LogP contribution in [0.2, 0.25) is 0 Å². The van der Waals surface area contributed by atoms with Gasteiger partial charge in [-0.25, -0.2) is 0 Å². The molecule has 5 atom stereocenters. The summed E-state index contributed by atoms with van der Waals surface area (Å²) in [7, 11) is 0. The lowest BCUT2D eigenvalue weighted by Crippen LogP contribution is -2.57. The lowest BCUT2D eigenvalue weighted by Gasteiger charge is -2.42. The van der Waals surface area contributed by atoms with Crippen LogP contribution in [0, 0.1) is 11.8 Å². The van der Waals surface area contributed by atoms with E-state index in [4.69, 9.17) is 10.3 Å². The monoisotopic (exact) mass is 242 g/mol. The number of hydrogen-bond donors (Lipinski definition) is 2. The Kier molecular flexibility index (Phi) is 4.74. The van der Waals surface area contributed by atoms with Crippen molar-refractivity contribution in [3.05, 3.63) is 10.4 Å². The molecule has 7 heteroatoms. The zero-order valence-electron chi connectivity index (χ0n) is 10.2. The van der Waals surface area contributed by atoms with Crippen LogP contribution in [0.15, 0.2) is 5.11 Å². The van der Waals surface area contributed by atoms with E-state index < -0.39 is 12.3 Å². The van der Waals surface area contributed by atoms with Gasteiger partial charge in [-0.2, -0.15) is 0 Å². The molecule has 0 aromatic carbocycles. The largest absolute Gasteiger partial charge is 0.366 e. The summed E-state index contributed by atoms with van der Waals surface area (Å²) in [5.41, 5.74) is 8.27. The molecule has 3 unspecified atom stereocenters. The Morgan fingerprint density at radius 2 is 2.18 bits per heavy atom. The maximum atomic E-state index is 11.0. The fourth-order valence-electron chi connectivity index (χ4n) is 2.08. The number of amides is 1. The Balaban J connectivity index is 2.71. The summed E-state index contributed by atoms with van der Waals surface area (Å²) in [6, 6.07) is -0.426. The van der Waals surface area contributed by atoms with E-state index in [1.54, 1.807) is 0 Å². The molecule has 1 aliphatic heterocycles. The van der Waals surface area contributed by atoms with Gasteiger partial charge in [0.25, 0.3) is 0 Å². The van der Waals surface area contributed by atoms with Gasteiger partial charge >= 0.3 is 0 Å². The first-order valence-corrected chi connectivity index (χ1v) is 5.58. The summed E-state index contributed by atoms with van der Waals surface area (Å²) in [6.45, 7) is 5.46. The average Bonchev–Trinajstić information content (AvgIpc) is 2.27. The normalized spacial score (nSPS) is 37.1. The third-order valence-electron chi connectivity index (χ3n) is 3.30. The Hall–Kier alpha value is -1.30. The minimum absolute atomic E-state index is 0.0431. The summed E-state index contributed by atoms with van der Waals surface area (Å²) in [5, 5.41) is 15.9. The minimum Gasteiger partial charge on any atom is -0.366 e. The smallest absolute Gasteiger partial charge is 0.217 e. The van der Waals surface area contributed by atoms with Crippen LogP contribution in [-0.4, -0.2) is 36.0 Å². The first-order valence-electron chi connectivity index (χ1n) is 5.58. The van der Waals surface area contributed by atoms with Gasteiger partial charge in [-0.15, -0.1) is 0 Å². The van der Waals surface area contributed by atoms with Gasteiger partial charge in [0.1, 0.15) is 0 Å².